The van der Waals surface area contributed by atoms with Gasteiger partial charge in [0.1, 0.15) is 11.6 Å². The van der Waals surface area contributed by atoms with Gasteiger partial charge in [0.25, 0.3) is 5.91 Å². The molecule has 38 heavy (non-hydrogen) atoms. The van der Waals surface area contributed by atoms with Crippen molar-refractivity contribution in [1.82, 2.24) is 9.80 Å². The number of benzene rings is 2. The standard InChI is InChI=1S/C30H37FN4O3/c1-20(2)34(21(3)4)30(37)22-10-13-24(14-11-22)35(27-18-23(29(32)36)12-15-26(27)31)28-9-5-6-16-33(28)19-25-8-7-17-38-25/h7-8,10-15,17-18,20-21,28H,5-6,9,16,19H2,1-4H3,(H2,32,36). The van der Waals surface area contributed by atoms with Gasteiger partial charge in [-0.15, -0.1) is 0 Å². The van der Waals surface area contributed by atoms with Crippen molar-refractivity contribution in [1.29, 1.82) is 0 Å². The zero-order valence-corrected chi connectivity index (χ0v) is 22.6. The van der Waals surface area contributed by atoms with E-state index in [4.69, 9.17) is 10.2 Å². The highest BCUT2D eigenvalue weighted by molar-refractivity contribution is 5.95. The summed E-state index contributed by atoms with van der Waals surface area (Å²) in [4.78, 5) is 31.3. The first-order valence-electron chi connectivity index (χ1n) is 13.2. The van der Waals surface area contributed by atoms with Gasteiger partial charge in [0.2, 0.25) is 5.91 Å². The van der Waals surface area contributed by atoms with Crippen LogP contribution in [-0.4, -0.2) is 46.4 Å². The van der Waals surface area contributed by atoms with Crippen LogP contribution in [-0.2, 0) is 6.54 Å². The average molecular weight is 521 g/mol. The minimum Gasteiger partial charge on any atom is -0.468 e. The van der Waals surface area contributed by atoms with Crippen LogP contribution in [0.5, 0.6) is 0 Å². The van der Waals surface area contributed by atoms with Crippen LogP contribution >= 0.6 is 0 Å². The zero-order chi connectivity index (χ0) is 27.4. The molecule has 4 rings (SSSR count). The maximum absolute atomic E-state index is 15.4. The number of rotatable bonds is 9. The highest BCUT2D eigenvalue weighted by atomic mass is 19.1. The van der Waals surface area contributed by atoms with Crippen LogP contribution in [0.3, 0.4) is 0 Å². The number of hydrogen-bond donors (Lipinski definition) is 1. The van der Waals surface area contributed by atoms with Crippen molar-refractivity contribution in [3.05, 3.63) is 83.6 Å². The van der Waals surface area contributed by atoms with Crippen LogP contribution in [0, 0.1) is 5.82 Å². The first-order valence-corrected chi connectivity index (χ1v) is 13.2. The Morgan fingerprint density at radius 3 is 2.32 bits per heavy atom. The molecule has 0 spiro atoms. The lowest BCUT2D eigenvalue weighted by atomic mass is 10.0. The number of amides is 2. The van der Waals surface area contributed by atoms with Crippen molar-refractivity contribution >= 4 is 23.2 Å². The molecule has 2 N–H and O–H groups in total. The fourth-order valence-electron chi connectivity index (χ4n) is 5.35. The van der Waals surface area contributed by atoms with Crippen molar-refractivity contribution in [2.75, 3.05) is 11.4 Å². The molecule has 1 aliphatic rings. The van der Waals surface area contributed by atoms with Gasteiger partial charge in [-0.05, 0) is 102 Å². The van der Waals surface area contributed by atoms with Gasteiger partial charge in [-0.2, -0.15) is 0 Å². The van der Waals surface area contributed by atoms with Gasteiger partial charge < -0.3 is 20.0 Å². The monoisotopic (exact) mass is 520 g/mol. The van der Waals surface area contributed by atoms with Gasteiger partial charge >= 0.3 is 0 Å². The summed E-state index contributed by atoms with van der Waals surface area (Å²) in [6.45, 7) is 9.38. The minimum absolute atomic E-state index is 0.0490. The molecule has 1 aromatic heterocycles. The largest absolute Gasteiger partial charge is 0.468 e. The third-order valence-electron chi connectivity index (χ3n) is 7.05. The van der Waals surface area contributed by atoms with Crippen molar-refractivity contribution in [3.63, 3.8) is 0 Å². The van der Waals surface area contributed by atoms with E-state index in [0.29, 0.717) is 12.1 Å². The molecule has 0 aliphatic carbocycles. The number of anilines is 2. The maximum Gasteiger partial charge on any atom is 0.254 e. The van der Waals surface area contributed by atoms with E-state index in [-0.39, 0.29) is 35.4 Å². The second kappa shape index (κ2) is 11.8. The molecule has 2 aromatic carbocycles. The van der Waals surface area contributed by atoms with Gasteiger partial charge in [-0.25, -0.2) is 4.39 Å². The van der Waals surface area contributed by atoms with Crippen LogP contribution in [0.4, 0.5) is 15.8 Å². The van der Waals surface area contributed by atoms with E-state index in [1.807, 2.05) is 61.8 Å². The number of hydrogen-bond acceptors (Lipinski definition) is 5. The van der Waals surface area contributed by atoms with E-state index < -0.39 is 11.7 Å². The summed E-state index contributed by atoms with van der Waals surface area (Å²) in [6, 6.07) is 15.4. The van der Waals surface area contributed by atoms with Crippen LogP contribution in [0.2, 0.25) is 0 Å². The SMILES string of the molecule is CC(C)N(C(=O)c1ccc(N(c2cc(C(N)=O)ccc2F)C2CCCCN2Cc2ccco2)cc1)C(C)C. The smallest absolute Gasteiger partial charge is 0.254 e. The number of nitrogens with zero attached hydrogens (tertiary/aromatic N) is 3. The van der Waals surface area contributed by atoms with Gasteiger partial charge in [-0.1, -0.05) is 0 Å². The highest BCUT2D eigenvalue weighted by Gasteiger charge is 2.32. The molecule has 202 valence electrons. The predicted octanol–water partition coefficient (Wildman–Crippen LogP) is 5.93. The van der Waals surface area contributed by atoms with E-state index in [9.17, 15) is 9.59 Å². The molecule has 1 unspecified atom stereocenters. The number of carbonyl (C=O) groups is 2. The Balaban J connectivity index is 1.76. The first kappa shape index (κ1) is 27.4. The maximum atomic E-state index is 15.4. The molecule has 1 saturated heterocycles. The van der Waals surface area contributed by atoms with Gasteiger partial charge in [0.05, 0.1) is 24.7 Å². The Morgan fingerprint density at radius 2 is 1.71 bits per heavy atom. The second-order valence-electron chi connectivity index (χ2n) is 10.4. The molecule has 7 nitrogen and oxygen atoms in total. The molecule has 2 amide bonds. The highest BCUT2D eigenvalue weighted by Crippen LogP contribution is 2.36. The predicted molar refractivity (Wildman–Crippen MR) is 147 cm³/mol. The van der Waals surface area contributed by atoms with E-state index >= 15 is 4.39 Å². The third kappa shape index (κ3) is 5.91. The fourth-order valence-corrected chi connectivity index (χ4v) is 5.35. The summed E-state index contributed by atoms with van der Waals surface area (Å²) >= 11 is 0. The number of piperidine rings is 1. The Morgan fingerprint density at radius 1 is 1.03 bits per heavy atom. The molecule has 0 bridgehead atoms. The van der Waals surface area contributed by atoms with Crippen molar-refractivity contribution < 1.29 is 18.4 Å². The number of halogens is 1. The molecule has 1 aliphatic heterocycles. The van der Waals surface area contributed by atoms with Crippen LogP contribution in [0.15, 0.2) is 65.3 Å². The molecule has 2 heterocycles. The molecule has 0 saturated carbocycles. The summed E-state index contributed by atoms with van der Waals surface area (Å²) in [7, 11) is 0. The van der Waals surface area contributed by atoms with Crippen LogP contribution in [0.25, 0.3) is 0 Å². The van der Waals surface area contributed by atoms with E-state index in [2.05, 4.69) is 4.90 Å². The van der Waals surface area contributed by atoms with E-state index in [1.165, 1.54) is 18.2 Å². The number of primary amides is 1. The molecule has 8 heteroatoms. The lowest BCUT2D eigenvalue weighted by molar-refractivity contribution is 0.0643. The summed E-state index contributed by atoms with van der Waals surface area (Å²) in [5.74, 6) is -0.297. The fraction of sp³-hybridized carbons (Fsp3) is 0.400. The van der Waals surface area contributed by atoms with Gasteiger partial charge in [0, 0.05) is 35.4 Å². The third-order valence-corrected chi connectivity index (χ3v) is 7.05. The normalized spacial score (nSPS) is 16.1. The summed E-state index contributed by atoms with van der Waals surface area (Å²) in [5.41, 5.74) is 7.34. The van der Waals surface area contributed by atoms with Gasteiger partial charge in [0.15, 0.2) is 0 Å². The van der Waals surface area contributed by atoms with Crippen molar-refractivity contribution in [3.8, 4) is 0 Å². The molecule has 1 fully saturated rings. The minimum atomic E-state index is -0.620. The number of carbonyl (C=O) groups excluding carboxylic acids is 2. The molecular formula is C30H37FN4O3. The van der Waals surface area contributed by atoms with Crippen LogP contribution in [0.1, 0.15) is 73.4 Å². The zero-order valence-electron chi connectivity index (χ0n) is 22.6. The number of nitrogens with two attached hydrogens (primary N) is 1. The summed E-state index contributed by atoms with van der Waals surface area (Å²) in [5, 5.41) is 0. The molecule has 3 aromatic rings. The molecule has 1 atom stereocenters. The Bertz CT molecular complexity index is 1230. The van der Waals surface area contributed by atoms with E-state index in [1.54, 1.807) is 18.4 Å². The lowest BCUT2D eigenvalue weighted by Crippen LogP contribution is -2.49. The van der Waals surface area contributed by atoms with E-state index in [0.717, 1.165) is 37.3 Å². The second-order valence-corrected chi connectivity index (χ2v) is 10.4. The van der Waals surface area contributed by atoms with Crippen LogP contribution < -0.4 is 10.6 Å². The van der Waals surface area contributed by atoms with Crippen molar-refractivity contribution in [2.45, 2.75) is 71.8 Å². The Labute approximate surface area is 224 Å². The lowest BCUT2D eigenvalue weighted by Gasteiger charge is -2.43. The summed E-state index contributed by atoms with van der Waals surface area (Å²) < 4.78 is 21.0. The number of furan rings is 1. The average Bonchev–Trinajstić information content (AvgIpc) is 3.39. The quantitative estimate of drug-likeness (QED) is 0.378. The molecular weight excluding hydrogens is 483 g/mol. The summed E-state index contributed by atoms with van der Waals surface area (Å²) in [6.07, 6.45) is 4.23. The molecule has 0 radical (unpaired) electrons. The topological polar surface area (TPSA) is 83.0 Å². The Kier molecular flexibility index (Phi) is 8.52. The number of likely N-dealkylation sites (tertiary alicyclic amines) is 1. The van der Waals surface area contributed by atoms with Gasteiger partial charge in [-0.3, -0.25) is 14.5 Å². The first-order chi connectivity index (χ1) is 18.2. The van der Waals surface area contributed by atoms with Crippen molar-refractivity contribution in [2.24, 2.45) is 5.73 Å². The Hall–Kier alpha value is -3.65.